The third kappa shape index (κ3) is 4.72. The fourth-order valence-electron chi connectivity index (χ4n) is 3.67. The van der Waals surface area contributed by atoms with Gasteiger partial charge in [-0.25, -0.2) is 0 Å². The van der Waals surface area contributed by atoms with Crippen molar-refractivity contribution in [1.29, 1.82) is 0 Å². The second kappa shape index (κ2) is 9.12. The predicted molar refractivity (Wildman–Crippen MR) is 112 cm³/mol. The molecule has 0 atom stereocenters. The number of piperidine rings is 1. The van der Waals surface area contributed by atoms with Crippen LogP contribution in [-0.4, -0.2) is 50.8 Å². The molecular weight excluding hydrogens is 439 g/mol. The molecule has 1 N–H and O–H groups in total. The Kier molecular flexibility index (Phi) is 6.34. The summed E-state index contributed by atoms with van der Waals surface area (Å²) in [5, 5.41) is 9.42. The van der Waals surface area contributed by atoms with Gasteiger partial charge >= 0.3 is 169 Å². The quantitative estimate of drug-likeness (QED) is 0.528. The molecule has 0 saturated carbocycles. The van der Waals surface area contributed by atoms with Gasteiger partial charge in [-0.2, -0.15) is 0 Å². The Morgan fingerprint density at radius 3 is 2.21 bits per heavy atom. The number of phenols is 1. The Labute approximate surface area is 175 Å². The Morgan fingerprint density at radius 1 is 0.897 bits per heavy atom. The van der Waals surface area contributed by atoms with Gasteiger partial charge in [-0.1, -0.05) is 6.42 Å². The number of halogens is 2. The van der Waals surface area contributed by atoms with Crippen LogP contribution in [0.4, 0.5) is 8.78 Å². The van der Waals surface area contributed by atoms with Gasteiger partial charge in [-0.05, 0) is 0 Å². The molecule has 1 aliphatic heterocycles. The monoisotopic (exact) mass is 463 g/mol. The van der Waals surface area contributed by atoms with Gasteiger partial charge in [-0.15, -0.1) is 0 Å². The molecule has 3 nitrogen and oxygen atoms in total. The molecule has 29 heavy (non-hydrogen) atoms. The molecule has 0 amide bonds. The first-order valence-corrected chi connectivity index (χ1v) is 11.8. The molecule has 0 aliphatic carbocycles. The number of nitrogens with zero attached hydrogens (tertiary/aromatic N) is 1. The molecule has 0 spiro atoms. The van der Waals surface area contributed by atoms with Gasteiger partial charge < -0.3 is 0 Å². The number of benzene rings is 2. The molecule has 6 heteroatoms. The average molecular weight is 462 g/mol. The van der Waals surface area contributed by atoms with Crippen molar-refractivity contribution in [2.75, 3.05) is 26.2 Å². The van der Waals surface area contributed by atoms with E-state index in [1.165, 1.54) is 37.5 Å². The molecule has 1 aromatic heterocycles. The van der Waals surface area contributed by atoms with E-state index in [2.05, 4.69) is 9.84 Å². The summed E-state index contributed by atoms with van der Waals surface area (Å²) in [6, 6.07) is 9.32. The van der Waals surface area contributed by atoms with E-state index >= 15 is 0 Å². The van der Waals surface area contributed by atoms with Crippen LogP contribution in [0.5, 0.6) is 11.5 Å². The molecule has 2 aromatic carbocycles. The summed E-state index contributed by atoms with van der Waals surface area (Å²) in [6.45, 7) is 3.47. The first-order chi connectivity index (χ1) is 14.1. The van der Waals surface area contributed by atoms with Crippen LogP contribution in [0.1, 0.15) is 19.3 Å². The van der Waals surface area contributed by atoms with Crippen LogP contribution >= 0.6 is 0 Å². The predicted octanol–water partition coefficient (Wildman–Crippen LogP) is 4.93. The van der Waals surface area contributed by atoms with E-state index in [9.17, 15) is 13.9 Å². The van der Waals surface area contributed by atoms with Crippen molar-refractivity contribution >= 4 is 14.5 Å². The van der Waals surface area contributed by atoms with E-state index in [-0.39, 0.29) is 26.0 Å². The van der Waals surface area contributed by atoms with Crippen LogP contribution in [0.25, 0.3) is 22.3 Å². The van der Waals surface area contributed by atoms with E-state index in [0.717, 1.165) is 36.3 Å². The number of phenolic OH excluding ortho intramolecular Hbond substituents is 1. The molecule has 152 valence electrons. The fraction of sp³-hybridized carbons (Fsp3) is 0.304. The molecule has 1 fully saturated rings. The summed E-state index contributed by atoms with van der Waals surface area (Å²) in [5.41, 5.74) is 3.16. The van der Waals surface area contributed by atoms with Gasteiger partial charge in [0.05, 0.1) is 0 Å². The molecule has 0 unspecified atom stereocenters. The van der Waals surface area contributed by atoms with Crippen LogP contribution in [0.3, 0.4) is 0 Å². The molecule has 1 aliphatic rings. The maximum absolute atomic E-state index is 14.6. The number of rotatable bonds is 6. The molecule has 4 rings (SSSR count). The van der Waals surface area contributed by atoms with Gasteiger partial charge in [0, 0.05) is 0 Å². The Balaban J connectivity index is 1.48. The zero-order valence-corrected chi connectivity index (χ0v) is 17.7. The number of hydrogen-bond donors (Lipinski definition) is 1. The van der Waals surface area contributed by atoms with E-state index in [0.29, 0.717) is 12.2 Å². The van der Waals surface area contributed by atoms with E-state index in [1.54, 1.807) is 12.1 Å². The molecule has 3 aromatic rings. The summed E-state index contributed by atoms with van der Waals surface area (Å²) in [6.07, 6.45) is 3.73. The van der Waals surface area contributed by atoms with Gasteiger partial charge in [-0.3, -0.25) is 0 Å². The van der Waals surface area contributed by atoms with Gasteiger partial charge in [0.25, 0.3) is 0 Å². The number of likely N-dealkylation sites (tertiary alicyclic amines) is 1. The average Bonchev–Trinajstić information content (AvgIpc) is 3.22. The molecule has 2 heterocycles. The van der Waals surface area contributed by atoms with Crippen molar-refractivity contribution in [2.45, 2.75) is 19.3 Å². The summed E-state index contributed by atoms with van der Waals surface area (Å²) < 4.78 is 34.1. The number of ether oxygens (including phenoxy) is 1. The Hall–Kier alpha value is -2.14. The third-order valence-electron chi connectivity index (χ3n) is 5.28. The summed E-state index contributed by atoms with van der Waals surface area (Å²) in [5.74, 6) is -1.17. The van der Waals surface area contributed by atoms with Crippen LogP contribution in [0, 0.1) is 11.6 Å². The van der Waals surface area contributed by atoms with Gasteiger partial charge in [0.2, 0.25) is 0 Å². The summed E-state index contributed by atoms with van der Waals surface area (Å²) in [4.78, 5) is 6.45. The van der Waals surface area contributed by atoms with Crippen LogP contribution in [0.15, 0.2) is 46.3 Å². The second-order valence-corrected chi connectivity index (χ2v) is 8.82. The van der Waals surface area contributed by atoms with Crippen LogP contribution < -0.4 is 4.74 Å². The zero-order valence-electron chi connectivity index (χ0n) is 16.0. The van der Waals surface area contributed by atoms with Crippen molar-refractivity contribution in [1.82, 2.24) is 4.90 Å². The standard InChI is InChI=1S/C23H23F2NO2Se/c24-20-12-16(4-6-22(20)27)18-14-29-15-19(18)17-5-7-23(21(25)13-17)28-11-10-26-8-2-1-3-9-26/h4-7,12-15,27H,1-3,8-11H2. The Morgan fingerprint density at radius 2 is 1.55 bits per heavy atom. The van der Waals surface area contributed by atoms with Crippen LogP contribution in [0.2, 0.25) is 0 Å². The number of hydrogen-bond acceptors (Lipinski definition) is 3. The van der Waals surface area contributed by atoms with E-state index in [4.69, 9.17) is 4.74 Å². The topological polar surface area (TPSA) is 32.7 Å². The molecule has 0 radical (unpaired) electrons. The SMILES string of the molecule is Oc1ccc(-c2c[se]cc2-c2ccc(OCCN3CCCCC3)c(F)c2)cc1F. The minimum absolute atomic E-state index is 0.124. The Bertz CT molecular complexity index is 983. The van der Waals surface area contributed by atoms with Crippen molar-refractivity contribution in [2.24, 2.45) is 0 Å². The third-order valence-corrected chi connectivity index (χ3v) is 6.84. The fourth-order valence-corrected chi connectivity index (χ4v) is 5.49. The van der Waals surface area contributed by atoms with E-state index in [1.807, 2.05) is 11.0 Å². The van der Waals surface area contributed by atoms with Gasteiger partial charge in [0.15, 0.2) is 0 Å². The minimum atomic E-state index is -0.661. The van der Waals surface area contributed by atoms with Crippen molar-refractivity contribution < 1.29 is 18.6 Å². The van der Waals surface area contributed by atoms with Crippen LogP contribution in [-0.2, 0) is 0 Å². The van der Waals surface area contributed by atoms with E-state index < -0.39 is 11.6 Å². The first-order valence-electron chi connectivity index (χ1n) is 9.82. The van der Waals surface area contributed by atoms with Crippen molar-refractivity contribution in [3.05, 3.63) is 57.9 Å². The second-order valence-electron chi connectivity index (χ2n) is 7.26. The zero-order chi connectivity index (χ0) is 20.2. The normalized spacial score (nSPS) is 14.8. The summed E-state index contributed by atoms with van der Waals surface area (Å²) >= 11 is 0.124. The number of aromatic hydroxyl groups is 1. The summed E-state index contributed by atoms with van der Waals surface area (Å²) in [7, 11) is 0. The maximum atomic E-state index is 14.6. The van der Waals surface area contributed by atoms with Crippen molar-refractivity contribution in [3.63, 3.8) is 0 Å². The van der Waals surface area contributed by atoms with Gasteiger partial charge in [0.1, 0.15) is 0 Å². The molecule has 1 saturated heterocycles. The first kappa shape index (κ1) is 20.1. The molecular formula is C23H23F2NO2Se. The van der Waals surface area contributed by atoms with Crippen molar-refractivity contribution in [3.8, 4) is 33.8 Å². The molecule has 0 bridgehead atoms.